The molecule has 9 heteroatoms. The van der Waals surface area contributed by atoms with Crippen LogP contribution in [0.25, 0.3) is 0 Å². The molecule has 1 saturated heterocycles. The Bertz CT molecular complexity index is 555. The third kappa shape index (κ3) is 8.34. The topological polar surface area (TPSA) is 39.7 Å². The molecule has 1 heterocycles. The highest BCUT2D eigenvalue weighted by Crippen LogP contribution is 2.20. The highest BCUT2D eigenvalue weighted by molar-refractivity contribution is 14.0. The van der Waals surface area contributed by atoms with E-state index < -0.39 is 6.43 Å². The predicted octanol–water partition coefficient (Wildman–Crippen LogP) is 3.43. The largest absolute Gasteiger partial charge is 0.356 e. The van der Waals surface area contributed by atoms with Crippen LogP contribution in [-0.4, -0.2) is 62.3 Å². The molecule has 1 aliphatic heterocycles. The Balaban J connectivity index is 0.00000338. The van der Waals surface area contributed by atoms with Gasteiger partial charge in [-0.15, -0.1) is 35.7 Å². The molecule has 4 nitrogen and oxygen atoms in total. The van der Waals surface area contributed by atoms with E-state index in [1.807, 2.05) is 6.07 Å². The molecule has 0 saturated carbocycles. The number of thioether (sulfide) groups is 1. The highest BCUT2D eigenvalue weighted by Gasteiger charge is 2.21. The highest BCUT2D eigenvalue weighted by atomic mass is 127. The Morgan fingerprint density at radius 2 is 2.00 bits per heavy atom. The van der Waals surface area contributed by atoms with E-state index in [1.165, 1.54) is 17.8 Å². The van der Waals surface area contributed by atoms with Gasteiger partial charge >= 0.3 is 0 Å². The van der Waals surface area contributed by atoms with Crippen LogP contribution in [0.2, 0.25) is 0 Å². The van der Waals surface area contributed by atoms with Crippen LogP contribution in [0, 0.1) is 5.82 Å². The molecule has 0 amide bonds. The zero-order valence-corrected chi connectivity index (χ0v) is 17.9. The average Bonchev–Trinajstić information content (AvgIpc) is 2.60. The number of piperidine rings is 1. The maximum atomic E-state index is 13.5. The fraction of sp³-hybridized carbons (Fsp3) is 0.588. The second kappa shape index (κ2) is 12.7. The molecule has 1 aliphatic rings. The molecule has 0 radical (unpaired) electrons. The third-order valence-electron chi connectivity index (χ3n) is 4.04. The Morgan fingerprint density at radius 3 is 2.62 bits per heavy atom. The zero-order valence-electron chi connectivity index (χ0n) is 14.8. The molecule has 2 N–H and O–H groups in total. The van der Waals surface area contributed by atoms with Crippen LogP contribution in [0.15, 0.2) is 34.2 Å². The maximum absolute atomic E-state index is 13.5. The van der Waals surface area contributed by atoms with Crippen LogP contribution in [0.4, 0.5) is 13.2 Å². The smallest absolute Gasteiger partial charge is 0.251 e. The summed E-state index contributed by atoms with van der Waals surface area (Å²) in [6, 6.07) is 6.95. The number of benzene rings is 1. The Labute approximate surface area is 174 Å². The van der Waals surface area contributed by atoms with Gasteiger partial charge in [0.05, 0.1) is 6.54 Å². The summed E-state index contributed by atoms with van der Waals surface area (Å²) in [6.45, 7) is 1.85. The van der Waals surface area contributed by atoms with Crippen LogP contribution in [0.5, 0.6) is 0 Å². The normalized spacial score (nSPS) is 16.4. The van der Waals surface area contributed by atoms with Crippen molar-refractivity contribution in [3.8, 4) is 0 Å². The summed E-state index contributed by atoms with van der Waals surface area (Å²) in [4.78, 5) is 6.62. The summed E-state index contributed by atoms with van der Waals surface area (Å²) in [5, 5.41) is 6.54. The lowest BCUT2D eigenvalue weighted by Gasteiger charge is -2.32. The number of aliphatic imine (C=N–C) groups is 1. The molecular weight excluding hydrogens is 476 g/mol. The molecular formula is C17H26F3IN4S. The Morgan fingerprint density at radius 1 is 1.31 bits per heavy atom. The molecule has 1 fully saturated rings. The van der Waals surface area contributed by atoms with E-state index in [0.29, 0.717) is 36.2 Å². The summed E-state index contributed by atoms with van der Waals surface area (Å²) >= 11 is 1.45. The molecule has 0 unspecified atom stereocenters. The van der Waals surface area contributed by atoms with Gasteiger partial charge in [0.2, 0.25) is 0 Å². The number of hydrogen-bond acceptors (Lipinski definition) is 3. The summed E-state index contributed by atoms with van der Waals surface area (Å²) in [7, 11) is 1.70. The van der Waals surface area contributed by atoms with E-state index in [1.54, 1.807) is 24.1 Å². The van der Waals surface area contributed by atoms with Gasteiger partial charge in [-0.2, -0.15) is 0 Å². The summed E-state index contributed by atoms with van der Waals surface area (Å²) in [6.07, 6.45) is -0.639. The van der Waals surface area contributed by atoms with Crippen molar-refractivity contribution in [3.63, 3.8) is 0 Å². The maximum Gasteiger partial charge on any atom is 0.251 e. The van der Waals surface area contributed by atoms with Gasteiger partial charge in [0.25, 0.3) is 6.43 Å². The van der Waals surface area contributed by atoms with Crippen molar-refractivity contribution in [2.75, 3.05) is 39.0 Å². The fourth-order valence-electron chi connectivity index (χ4n) is 2.74. The molecule has 0 aliphatic carbocycles. The summed E-state index contributed by atoms with van der Waals surface area (Å²) in [5.74, 6) is 1.21. The summed E-state index contributed by atoms with van der Waals surface area (Å²) < 4.78 is 38.3. The van der Waals surface area contributed by atoms with Crippen LogP contribution in [-0.2, 0) is 0 Å². The van der Waals surface area contributed by atoms with Crippen molar-refractivity contribution in [1.82, 2.24) is 15.5 Å². The number of rotatable bonds is 7. The number of alkyl halides is 2. The lowest BCUT2D eigenvalue weighted by Crippen LogP contribution is -2.49. The van der Waals surface area contributed by atoms with Crippen LogP contribution in [0.1, 0.15) is 12.8 Å². The van der Waals surface area contributed by atoms with Crippen molar-refractivity contribution in [2.45, 2.75) is 30.2 Å². The molecule has 0 spiro atoms. The molecule has 1 aromatic carbocycles. The van der Waals surface area contributed by atoms with Gasteiger partial charge in [-0.1, -0.05) is 12.1 Å². The molecule has 0 atom stereocenters. The zero-order chi connectivity index (χ0) is 18.1. The van der Waals surface area contributed by atoms with Crippen LogP contribution < -0.4 is 10.6 Å². The van der Waals surface area contributed by atoms with Gasteiger partial charge in [-0.25, -0.2) is 13.2 Å². The van der Waals surface area contributed by atoms with E-state index in [-0.39, 0.29) is 42.4 Å². The van der Waals surface area contributed by atoms with Gasteiger partial charge < -0.3 is 10.6 Å². The average molecular weight is 502 g/mol. The van der Waals surface area contributed by atoms with Crippen molar-refractivity contribution in [1.29, 1.82) is 0 Å². The SMILES string of the molecule is CN=C(NCCSc1ccccc1F)NC1CCN(CC(F)F)CC1.I. The Hall–Kier alpha value is -0.680. The van der Waals surface area contributed by atoms with Crippen molar-refractivity contribution < 1.29 is 13.2 Å². The van der Waals surface area contributed by atoms with Crippen LogP contribution in [0.3, 0.4) is 0 Å². The third-order valence-corrected chi connectivity index (χ3v) is 5.09. The van der Waals surface area contributed by atoms with Gasteiger partial charge in [0.15, 0.2) is 5.96 Å². The monoisotopic (exact) mass is 502 g/mol. The minimum absolute atomic E-state index is 0. The first-order valence-corrected chi connectivity index (χ1v) is 9.42. The molecule has 148 valence electrons. The van der Waals surface area contributed by atoms with E-state index in [2.05, 4.69) is 15.6 Å². The first kappa shape index (κ1) is 23.4. The number of likely N-dealkylation sites (tertiary alicyclic amines) is 1. The molecule has 0 aromatic heterocycles. The van der Waals surface area contributed by atoms with Gasteiger partial charge in [0, 0.05) is 43.4 Å². The molecule has 1 aromatic rings. The number of nitrogens with one attached hydrogen (secondary N) is 2. The first-order valence-electron chi connectivity index (χ1n) is 8.43. The molecule has 26 heavy (non-hydrogen) atoms. The van der Waals surface area contributed by atoms with Gasteiger partial charge in [-0.3, -0.25) is 9.89 Å². The number of hydrogen-bond donors (Lipinski definition) is 2. The van der Waals surface area contributed by atoms with E-state index in [0.717, 1.165) is 12.8 Å². The number of nitrogens with zero attached hydrogens (tertiary/aromatic N) is 2. The lowest BCUT2D eigenvalue weighted by molar-refractivity contribution is 0.0744. The van der Waals surface area contributed by atoms with E-state index in [9.17, 15) is 13.2 Å². The van der Waals surface area contributed by atoms with Crippen molar-refractivity contribution >= 4 is 41.7 Å². The Kier molecular flexibility index (Phi) is 11.4. The van der Waals surface area contributed by atoms with Gasteiger partial charge in [-0.05, 0) is 25.0 Å². The molecule has 2 rings (SSSR count). The predicted molar refractivity (Wildman–Crippen MR) is 113 cm³/mol. The second-order valence-corrected chi connectivity index (χ2v) is 7.02. The first-order chi connectivity index (χ1) is 12.1. The minimum Gasteiger partial charge on any atom is -0.356 e. The second-order valence-electron chi connectivity index (χ2n) is 5.89. The number of guanidine groups is 1. The van der Waals surface area contributed by atoms with Crippen LogP contribution >= 0.6 is 35.7 Å². The lowest BCUT2D eigenvalue weighted by atomic mass is 10.1. The quantitative estimate of drug-likeness (QED) is 0.197. The van der Waals surface area contributed by atoms with Gasteiger partial charge in [0.1, 0.15) is 5.82 Å². The molecule has 0 bridgehead atoms. The van der Waals surface area contributed by atoms with E-state index >= 15 is 0 Å². The van der Waals surface area contributed by atoms with Crippen molar-refractivity contribution in [2.24, 2.45) is 4.99 Å². The van der Waals surface area contributed by atoms with Crippen molar-refractivity contribution in [3.05, 3.63) is 30.1 Å². The summed E-state index contributed by atoms with van der Waals surface area (Å²) in [5.41, 5.74) is 0. The number of halogens is 4. The standard InChI is InChI=1S/C17H25F3N4S.HI/c1-21-17(22-8-11-25-15-5-3-2-4-14(15)18)23-13-6-9-24(10-7-13)12-16(19)20;/h2-5,13,16H,6-12H2,1H3,(H2,21,22,23);1H. The van der Waals surface area contributed by atoms with E-state index in [4.69, 9.17) is 0 Å². The fourth-order valence-corrected chi connectivity index (χ4v) is 3.54. The minimum atomic E-state index is -2.27.